The Morgan fingerprint density at radius 3 is 2.39 bits per heavy atom. The summed E-state index contributed by atoms with van der Waals surface area (Å²) in [4.78, 5) is 3.84. The average Bonchev–Trinajstić information content (AvgIpc) is 2.65. The molecule has 0 amide bonds. The van der Waals surface area contributed by atoms with Gasteiger partial charge in [0.2, 0.25) is 0 Å². The molecule has 1 N–H and O–H groups in total. The molecule has 0 atom stereocenters. The van der Waals surface area contributed by atoms with Gasteiger partial charge in [0, 0.05) is 15.1 Å². The Morgan fingerprint density at radius 1 is 1.00 bits per heavy atom. The predicted octanol–water partition coefficient (Wildman–Crippen LogP) is 5.00. The Morgan fingerprint density at radius 2 is 1.68 bits per heavy atom. The van der Waals surface area contributed by atoms with Gasteiger partial charge in [-0.1, -0.05) is 57.3 Å². The Balaban J connectivity index is 1.98. The first-order valence-electron chi connectivity index (χ1n) is 7.85. The van der Waals surface area contributed by atoms with Crippen LogP contribution < -0.4 is 9.83 Å². The quantitative estimate of drug-likeness (QED) is 0.397. The number of anilines is 1. The lowest BCUT2D eigenvalue weighted by Crippen LogP contribution is -2.22. The minimum absolute atomic E-state index is 0.0141. The van der Waals surface area contributed by atoms with E-state index in [-0.39, 0.29) is 26.2 Å². The molecule has 0 saturated heterocycles. The summed E-state index contributed by atoms with van der Waals surface area (Å²) < 4.78 is 28.7. The van der Waals surface area contributed by atoms with Gasteiger partial charge in [0.1, 0.15) is 4.90 Å². The summed E-state index contributed by atoms with van der Waals surface area (Å²) in [5.41, 5.74) is 0.639. The molecule has 0 aromatic heterocycles. The number of halogens is 3. The maximum atomic E-state index is 12.7. The number of rotatable bonds is 5. The third kappa shape index (κ3) is 4.86. The van der Waals surface area contributed by atoms with E-state index in [0.717, 1.165) is 4.47 Å². The van der Waals surface area contributed by atoms with E-state index in [1.165, 1.54) is 30.3 Å². The van der Waals surface area contributed by atoms with E-state index < -0.39 is 15.9 Å². The molecule has 0 fully saturated rings. The van der Waals surface area contributed by atoms with Gasteiger partial charge in [-0.2, -0.15) is 0 Å². The summed E-state index contributed by atoms with van der Waals surface area (Å²) in [6, 6.07) is 17.1. The molecule has 3 rings (SSSR count). The second-order valence-electron chi connectivity index (χ2n) is 5.62. The number of sulfonamides is 1. The first-order valence-corrected chi connectivity index (χ1v) is 10.9. The van der Waals surface area contributed by atoms with Crippen LogP contribution in [0.3, 0.4) is 0 Å². The molecular weight excluding hydrogens is 487 g/mol. The molecule has 0 spiro atoms. The SMILES string of the molecule is O=S(=O)(Nc1ccccc1C([O-])=Nc1ccc(Br)cc1)c1cc(Cl)ccc1Cl. The monoisotopic (exact) mass is 497 g/mol. The van der Waals surface area contributed by atoms with Crippen molar-refractivity contribution in [2.45, 2.75) is 4.90 Å². The smallest absolute Gasteiger partial charge is 0.263 e. The van der Waals surface area contributed by atoms with Crippen LogP contribution in [0, 0.1) is 0 Å². The molecule has 9 heteroatoms. The normalized spacial score (nSPS) is 12.0. The van der Waals surface area contributed by atoms with E-state index >= 15 is 0 Å². The number of benzene rings is 3. The zero-order chi connectivity index (χ0) is 20.3. The number of aliphatic imine (C=N–C) groups is 1. The van der Waals surface area contributed by atoms with Crippen LogP contribution in [0.25, 0.3) is 0 Å². The Hall–Kier alpha value is -2.06. The van der Waals surface area contributed by atoms with Crippen molar-refractivity contribution in [3.8, 4) is 0 Å². The molecule has 5 nitrogen and oxygen atoms in total. The lowest BCUT2D eigenvalue weighted by molar-refractivity contribution is -0.212. The molecule has 0 heterocycles. The Labute approximate surface area is 180 Å². The molecule has 3 aromatic carbocycles. The standard InChI is InChI=1S/C19H13BrCl2N2O3S/c20-12-5-8-14(9-6-12)23-19(25)15-3-1-2-4-17(15)24-28(26,27)18-11-13(21)7-10-16(18)22/h1-11,24H,(H,23,25)/p-1. The largest absolute Gasteiger partial charge is 0.858 e. The van der Waals surface area contributed by atoms with Crippen LogP contribution in [0.4, 0.5) is 11.4 Å². The zero-order valence-corrected chi connectivity index (χ0v) is 18.0. The highest BCUT2D eigenvalue weighted by atomic mass is 79.9. The third-order valence-corrected chi connectivity index (χ3v) is 6.25. The minimum atomic E-state index is -4.07. The van der Waals surface area contributed by atoms with E-state index in [1.807, 2.05) is 0 Å². The number of nitrogens with one attached hydrogen (secondary N) is 1. The van der Waals surface area contributed by atoms with E-state index in [9.17, 15) is 13.5 Å². The summed E-state index contributed by atoms with van der Waals surface area (Å²) in [5.74, 6) is -0.585. The van der Waals surface area contributed by atoms with Crippen LogP contribution >= 0.6 is 39.1 Å². The summed E-state index contributed by atoms with van der Waals surface area (Å²) in [7, 11) is -4.07. The molecule has 3 aromatic rings. The van der Waals surface area contributed by atoms with Crippen molar-refractivity contribution in [1.29, 1.82) is 0 Å². The van der Waals surface area contributed by atoms with Crippen LogP contribution in [0.2, 0.25) is 10.0 Å². The second kappa shape index (κ2) is 8.53. The van der Waals surface area contributed by atoms with Crippen molar-refractivity contribution < 1.29 is 13.5 Å². The number of para-hydroxylation sites is 1. The van der Waals surface area contributed by atoms with Gasteiger partial charge in [0.05, 0.1) is 16.4 Å². The molecule has 0 aliphatic heterocycles. The topological polar surface area (TPSA) is 81.6 Å². The van der Waals surface area contributed by atoms with E-state index in [4.69, 9.17) is 23.2 Å². The summed E-state index contributed by atoms with van der Waals surface area (Å²) in [6.07, 6.45) is 0. The predicted molar refractivity (Wildman–Crippen MR) is 114 cm³/mol. The van der Waals surface area contributed by atoms with Crippen molar-refractivity contribution in [3.05, 3.63) is 86.8 Å². The molecule has 28 heavy (non-hydrogen) atoms. The fraction of sp³-hybridized carbons (Fsp3) is 0. The van der Waals surface area contributed by atoms with E-state index in [0.29, 0.717) is 5.69 Å². The van der Waals surface area contributed by atoms with Crippen molar-refractivity contribution >= 4 is 66.4 Å². The lowest BCUT2D eigenvalue weighted by atomic mass is 10.2. The van der Waals surface area contributed by atoms with Crippen molar-refractivity contribution in [3.63, 3.8) is 0 Å². The molecule has 144 valence electrons. The number of nitrogens with zero attached hydrogens (tertiary/aromatic N) is 1. The first-order chi connectivity index (χ1) is 13.3. The van der Waals surface area contributed by atoms with Gasteiger partial charge in [-0.05, 0) is 54.4 Å². The van der Waals surface area contributed by atoms with Gasteiger partial charge >= 0.3 is 0 Å². The van der Waals surface area contributed by atoms with Crippen LogP contribution in [0.5, 0.6) is 0 Å². The number of hydrogen-bond acceptors (Lipinski definition) is 4. The summed E-state index contributed by atoms with van der Waals surface area (Å²) >= 11 is 15.2. The molecule has 0 aliphatic carbocycles. The fourth-order valence-corrected chi connectivity index (χ4v) is 4.44. The average molecular weight is 499 g/mol. The van der Waals surface area contributed by atoms with Crippen LogP contribution in [0.1, 0.15) is 5.56 Å². The Kier molecular flexibility index (Phi) is 6.30. The van der Waals surface area contributed by atoms with Gasteiger partial charge in [-0.3, -0.25) is 9.71 Å². The van der Waals surface area contributed by atoms with Crippen LogP contribution in [0.15, 0.2) is 81.1 Å². The van der Waals surface area contributed by atoms with Crippen LogP contribution in [-0.2, 0) is 10.0 Å². The van der Waals surface area contributed by atoms with Gasteiger partial charge in [-0.15, -0.1) is 0 Å². The molecule has 0 unspecified atom stereocenters. The summed E-state index contributed by atoms with van der Waals surface area (Å²) in [5, 5.41) is 12.8. The first kappa shape index (κ1) is 20.7. The zero-order valence-electron chi connectivity index (χ0n) is 14.1. The maximum absolute atomic E-state index is 12.7. The highest BCUT2D eigenvalue weighted by Crippen LogP contribution is 2.28. The minimum Gasteiger partial charge on any atom is -0.858 e. The molecule has 0 saturated carbocycles. The van der Waals surface area contributed by atoms with Crippen molar-refractivity contribution in [2.75, 3.05) is 4.72 Å². The van der Waals surface area contributed by atoms with Crippen molar-refractivity contribution in [1.82, 2.24) is 0 Å². The van der Waals surface area contributed by atoms with Crippen LogP contribution in [-0.4, -0.2) is 14.3 Å². The lowest BCUT2D eigenvalue weighted by Gasteiger charge is -2.17. The van der Waals surface area contributed by atoms with Gasteiger partial charge in [-0.25, -0.2) is 8.42 Å². The third-order valence-electron chi connectivity index (χ3n) is 3.64. The molecule has 0 radical (unpaired) electrons. The second-order valence-corrected chi connectivity index (χ2v) is 9.03. The molecule has 0 aliphatic rings. The fourth-order valence-electron chi connectivity index (χ4n) is 2.33. The maximum Gasteiger partial charge on any atom is 0.263 e. The van der Waals surface area contributed by atoms with Gasteiger partial charge < -0.3 is 5.11 Å². The Bertz CT molecular complexity index is 1150. The summed E-state index contributed by atoms with van der Waals surface area (Å²) in [6.45, 7) is 0. The van der Waals surface area contributed by atoms with Gasteiger partial charge in [0.15, 0.2) is 0 Å². The van der Waals surface area contributed by atoms with E-state index in [1.54, 1.807) is 36.4 Å². The van der Waals surface area contributed by atoms with E-state index in [2.05, 4.69) is 25.6 Å². The highest BCUT2D eigenvalue weighted by Gasteiger charge is 2.20. The number of hydrogen-bond donors (Lipinski definition) is 1. The molecule has 0 bridgehead atoms. The van der Waals surface area contributed by atoms with Crippen molar-refractivity contribution in [2.24, 2.45) is 4.99 Å². The molecular formula is C19H12BrCl2N2O3S-. The van der Waals surface area contributed by atoms with Gasteiger partial charge in [0.25, 0.3) is 10.0 Å². The highest BCUT2D eigenvalue weighted by molar-refractivity contribution is 9.10.